The number of sulfonamides is 1. The second-order valence-electron chi connectivity index (χ2n) is 13.5. The van der Waals surface area contributed by atoms with E-state index in [1.165, 1.54) is 24.3 Å². The van der Waals surface area contributed by atoms with E-state index in [2.05, 4.69) is 51.6 Å². The number of nitrogens with zero attached hydrogens (tertiary/aromatic N) is 1. The fourth-order valence-corrected chi connectivity index (χ4v) is 9.25. The predicted octanol–water partition coefficient (Wildman–Crippen LogP) is 8.04. The molecule has 302 valence electrons. The minimum Gasteiger partial charge on any atom is -0.384 e. The first-order valence-electron chi connectivity index (χ1n) is 18.8. The van der Waals surface area contributed by atoms with Crippen molar-refractivity contribution in [1.29, 1.82) is 0 Å². The Labute approximate surface area is 346 Å². The lowest BCUT2D eigenvalue weighted by molar-refractivity contribution is 0.0981. The molecule has 5 rings (SSSR count). The third kappa shape index (κ3) is 13.1. The quantitative estimate of drug-likeness (QED) is 0.0425. The van der Waals surface area contributed by atoms with E-state index >= 15 is 0 Å². The Morgan fingerprint density at radius 3 is 2.18 bits per heavy atom. The first-order chi connectivity index (χ1) is 27.4. The highest BCUT2D eigenvalue weighted by Gasteiger charge is 2.24. The van der Waals surface area contributed by atoms with Crippen LogP contribution < -0.4 is 20.7 Å². The Balaban J connectivity index is 1.18. The second-order valence-corrected chi connectivity index (χ2v) is 18.7. The maximum Gasteiger partial charge on any atom is 0.264 e. The summed E-state index contributed by atoms with van der Waals surface area (Å²) in [5.74, 6) is -0.170. The summed E-state index contributed by atoms with van der Waals surface area (Å²) in [5.41, 5.74) is 4.59. The zero-order chi connectivity index (χ0) is 40.8. The van der Waals surface area contributed by atoms with Gasteiger partial charge < -0.3 is 20.9 Å². The average Bonchev–Trinajstić information content (AvgIpc) is 3.20. The van der Waals surface area contributed by atoms with Gasteiger partial charge in [0.05, 0.1) is 15.5 Å². The summed E-state index contributed by atoms with van der Waals surface area (Å²) in [6.45, 7) is 8.75. The zero-order valence-electron chi connectivity index (χ0n) is 32.4. The summed E-state index contributed by atoms with van der Waals surface area (Å²) >= 11 is 7.73. The Morgan fingerprint density at radius 1 is 0.807 bits per heavy atom. The molecule has 10 nitrogen and oxygen atoms in total. The van der Waals surface area contributed by atoms with Crippen LogP contribution in [0.1, 0.15) is 36.2 Å². The highest BCUT2D eigenvalue weighted by Crippen LogP contribution is 2.29. The van der Waals surface area contributed by atoms with Crippen LogP contribution in [0, 0.1) is 0 Å². The van der Waals surface area contributed by atoms with Crippen molar-refractivity contribution in [2.24, 2.45) is 0 Å². The van der Waals surface area contributed by atoms with E-state index in [9.17, 15) is 21.6 Å². The van der Waals surface area contributed by atoms with Gasteiger partial charge in [-0.1, -0.05) is 80.0 Å². The van der Waals surface area contributed by atoms with Gasteiger partial charge in [0.2, 0.25) is 0 Å². The molecule has 0 radical (unpaired) electrons. The van der Waals surface area contributed by atoms with Gasteiger partial charge in [0.25, 0.3) is 15.9 Å². The van der Waals surface area contributed by atoms with E-state index < -0.39 is 25.8 Å². The third-order valence-electron chi connectivity index (χ3n) is 9.40. The second kappa shape index (κ2) is 20.9. The molecular formula is C43H50ClN5O5S3. The molecule has 0 saturated carbocycles. The van der Waals surface area contributed by atoms with Crippen LogP contribution in [0.15, 0.2) is 136 Å². The lowest BCUT2D eigenvalue weighted by atomic mass is 10.00. The van der Waals surface area contributed by atoms with Gasteiger partial charge >= 0.3 is 0 Å². The van der Waals surface area contributed by atoms with Gasteiger partial charge in [-0.25, -0.2) is 21.6 Å². The summed E-state index contributed by atoms with van der Waals surface area (Å²) in [4.78, 5) is 16.0. The molecule has 1 atom stereocenters. The summed E-state index contributed by atoms with van der Waals surface area (Å²) in [5, 5.41) is 10.8. The number of carbonyl (C=O) groups excluding carboxylic acids is 1. The lowest BCUT2D eigenvalue weighted by Crippen LogP contribution is -2.32. The Bertz CT molecular complexity index is 2290. The van der Waals surface area contributed by atoms with E-state index in [0.29, 0.717) is 36.1 Å². The number of hydrogen-bond donors (Lipinski definition) is 4. The van der Waals surface area contributed by atoms with Crippen molar-refractivity contribution in [2.75, 3.05) is 55.4 Å². The summed E-state index contributed by atoms with van der Waals surface area (Å²) in [7, 11) is -8.29. The van der Waals surface area contributed by atoms with Crippen molar-refractivity contribution < 1.29 is 21.6 Å². The van der Waals surface area contributed by atoms with Crippen LogP contribution in [0.2, 0.25) is 5.02 Å². The van der Waals surface area contributed by atoms with Crippen molar-refractivity contribution in [3.8, 4) is 11.1 Å². The molecule has 0 aliphatic carbocycles. The van der Waals surface area contributed by atoms with Crippen molar-refractivity contribution in [1.82, 2.24) is 14.9 Å². The summed E-state index contributed by atoms with van der Waals surface area (Å²) < 4.78 is 55.0. The van der Waals surface area contributed by atoms with Crippen molar-refractivity contribution in [3.05, 3.63) is 137 Å². The Morgan fingerprint density at radius 2 is 1.49 bits per heavy atom. The number of thioether (sulfide) groups is 1. The summed E-state index contributed by atoms with van der Waals surface area (Å²) in [6, 6.07) is 36.1. The maximum atomic E-state index is 13.4. The first kappa shape index (κ1) is 43.7. The van der Waals surface area contributed by atoms with E-state index in [-0.39, 0.29) is 21.4 Å². The third-order valence-corrected chi connectivity index (χ3v) is 13.3. The molecule has 1 amide bonds. The predicted molar refractivity (Wildman–Crippen MR) is 235 cm³/mol. The van der Waals surface area contributed by atoms with Gasteiger partial charge in [-0.2, -0.15) is 0 Å². The van der Waals surface area contributed by atoms with Crippen LogP contribution in [0.4, 0.5) is 11.4 Å². The highest BCUT2D eigenvalue weighted by atomic mass is 35.5. The number of sulfone groups is 1. The molecule has 14 heteroatoms. The largest absolute Gasteiger partial charge is 0.384 e. The number of carbonyl (C=O) groups is 1. The maximum absolute atomic E-state index is 13.4. The number of benzene rings is 5. The molecule has 0 spiro atoms. The molecule has 4 N–H and O–H groups in total. The Hall–Kier alpha value is -4.37. The molecule has 0 aliphatic heterocycles. The highest BCUT2D eigenvalue weighted by molar-refractivity contribution is 7.99. The minimum atomic E-state index is -4.42. The Kier molecular flexibility index (Phi) is 16.0. The fourth-order valence-electron chi connectivity index (χ4n) is 6.19. The van der Waals surface area contributed by atoms with Crippen LogP contribution in [-0.4, -0.2) is 78.4 Å². The molecule has 0 bridgehead atoms. The van der Waals surface area contributed by atoms with Crippen LogP contribution in [0.25, 0.3) is 11.1 Å². The van der Waals surface area contributed by atoms with Gasteiger partial charge in [0, 0.05) is 65.4 Å². The molecule has 0 heterocycles. The molecular weight excluding hydrogens is 798 g/mol. The molecule has 0 saturated heterocycles. The number of amides is 1. The molecule has 0 unspecified atom stereocenters. The number of nitrogens with one attached hydrogen (secondary N) is 4. The van der Waals surface area contributed by atoms with Crippen LogP contribution in [-0.2, 0) is 26.4 Å². The summed E-state index contributed by atoms with van der Waals surface area (Å²) in [6.07, 6.45) is 1.78. The van der Waals surface area contributed by atoms with Crippen molar-refractivity contribution in [3.63, 3.8) is 0 Å². The topological polar surface area (TPSA) is 137 Å². The zero-order valence-corrected chi connectivity index (χ0v) is 35.6. The molecule has 5 aromatic rings. The molecule has 0 aromatic heterocycles. The van der Waals surface area contributed by atoms with Gasteiger partial charge in [0.15, 0.2) is 9.84 Å². The van der Waals surface area contributed by atoms with E-state index in [1.807, 2.05) is 66.7 Å². The van der Waals surface area contributed by atoms with Crippen LogP contribution in [0.3, 0.4) is 0 Å². The lowest BCUT2D eigenvalue weighted by Gasteiger charge is -2.25. The smallest absolute Gasteiger partial charge is 0.264 e. The molecule has 5 aromatic carbocycles. The van der Waals surface area contributed by atoms with Gasteiger partial charge in [-0.05, 0) is 103 Å². The van der Waals surface area contributed by atoms with E-state index in [0.717, 1.165) is 65.7 Å². The standard InChI is InChI=1S/C43H50ClN5O5S3/c1-4-49(5-2)28-25-37(31-55-38-12-7-6-8-13-38)47-41-24-23-39(29-42(41)56(3,51)52)57(53,54)48-43(50)33-17-21-36(22-18-33)46-27-26-45-30-34-11-9-10-14-40(34)32-15-19-35(44)20-16-32/h6-24,29,37,45-47H,4-5,25-28,30-31H2,1-3H3,(H,48,50)/t37-/m1/s1. The van der Waals surface area contributed by atoms with Crippen molar-refractivity contribution in [2.45, 2.75) is 47.5 Å². The minimum absolute atomic E-state index is 0.115. The van der Waals surface area contributed by atoms with Gasteiger partial charge in [0.1, 0.15) is 0 Å². The number of halogens is 1. The average molecular weight is 849 g/mol. The van der Waals surface area contributed by atoms with E-state index in [1.54, 1.807) is 23.9 Å². The normalized spacial score (nSPS) is 12.3. The fraction of sp³-hybridized carbons (Fsp3) is 0.279. The molecule has 0 aliphatic rings. The molecule has 57 heavy (non-hydrogen) atoms. The van der Waals surface area contributed by atoms with Gasteiger partial charge in [-0.3, -0.25) is 4.79 Å². The monoisotopic (exact) mass is 847 g/mol. The first-order valence-corrected chi connectivity index (χ1v) is 23.6. The van der Waals surface area contributed by atoms with Crippen LogP contribution in [0.5, 0.6) is 0 Å². The number of rotatable bonds is 21. The van der Waals surface area contributed by atoms with E-state index in [4.69, 9.17) is 11.6 Å². The van der Waals surface area contributed by atoms with Gasteiger partial charge in [-0.15, -0.1) is 11.8 Å². The number of hydrogen-bond acceptors (Lipinski definition) is 10. The van der Waals surface area contributed by atoms with Crippen LogP contribution >= 0.6 is 23.4 Å². The number of anilines is 2. The SMILES string of the molecule is CCN(CC)CC[C@H](CSc1ccccc1)Nc1ccc(S(=O)(=O)NC(=O)c2ccc(NCCNCc3ccccc3-c3ccc(Cl)cc3)cc2)cc1S(C)(=O)=O. The molecule has 0 fully saturated rings. The van der Waals surface area contributed by atoms with Crippen molar-refractivity contribution >= 4 is 60.5 Å².